The summed E-state index contributed by atoms with van der Waals surface area (Å²) >= 11 is 0. The first kappa shape index (κ1) is 19.0. The number of piperidine rings is 1. The summed E-state index contributed by atoms with van der Waals surface area (Å²) in [6.07, 6.45) is 2.17. The number of likely N-dealkylation sites (tertiary alicyclic amines) is 1. The molecule has 27 heavy (non-hydrogen) atoms. The van der Waals surface area contributed by atoms with Crippen LogP contribution in [-0.4, -0.2) is 36.3 Å². The molecule has 0 bridgehead atoms. The van der Waals surface area contributed by atoms with Gasteiger partial charge in [-0.25, -0.2) is 0 Å². The van der Waals surface area contributed by atoms with E-state index in [4.69, 9.17) is 0 Å². The fourth-order valence-corrected chi connectivity index (χ4v) is 3.21. The zero-order valence-electron chi connectivity index (χ0n) is 16.0. The highest BCUT2D eigenvalue weighted by Gasteiger charge is 2.19. The number of hydrogen-bond acceptors (Lipinski definition) is 3. The minimum atomic E-state index is -0.131. The number of rotatable bonds is 5. The Bertz CT molecular complexity index is 793. The Labute approximate surface area is 160 Å². The Morgan fingerprint density at radius 2 is 1.70 bits per heavy atom. The summed E-state index contributed by atoms with van der Waals surface area (Å²) in [6.45, 7) is 6.20. The second kappa shape index (κ2) is 8.71. The van der Waals surface area contributed by atoms with Gasteiger partial charge in [-0.3, -0.25) is 9.59 Å². The monoisotopic (exact) mass is 365 g/mol. The van der Waals surface area contributed by atoms with Crippen molar-refractivity contribution in [1.29, 1.82) is 0 Å². The van der Waals surface area contributed by atoms with Gasteiger partial charge in [-0.2, -0.15) is 0 Å². The maximum atomic E-state index is 12.3. The lowest BCUT2D eigenvalue weighted by Gasteiger charge is -2.30. The van der Waals surface area contributed by atoms with Gasteiger partial charge in [0.2, 0.25) is 5.91 Å². The van der Waals surface area contributed by atoms with Gasteiger partial charge in [0.1, 0.15) is 0 Å². The number of amides is 2. The average molecular weight is 365 g/mol. The van der Waals surface area contributed by atoms with Crippen molar-refractivity contribution in [1.82, 2.24) is 4.90 Å². The van der Waals surface area contributed by atoms with Crippen LogP contribution in [0.1, 0.15) is 35.7 Å². The van der Waals surface area contributed by atoms with Gasteiger partial charge < -0.3 is 15.5 Å². The van der Waals surface area contributed by atoms with Crippen molar-refractivity contribution >= 4 is 23.2 Å². The zero-order valence-corrected chi connectivity index (χ0v) is 16.0. The molecule has 2 aromatic rings. The summed E-state index contributed by atoms with van der Waals surface area (Å²) in [5.41, 5.74) is 3.28. The third-order valence-corrected chi connectivity index (χ3v) is 5.00. The molecule has 0 atom stereocenters. The molecule has 5 heteroatoms. The van der Waals surface area contributed by atoms with Gasteiger partial charge in [0.05, 0.1) is 6.54 Å². The molecule has 1 heterocycles. The van der Waals surface area contributed by atoms with Gasteiger partial charge in [-0.15, -0.1) is 0 Å². The third kappa shape index (κ3) is 5.33. The van der Waals surface area contributed by atoms with E-state index in [9.17, 15) is 9.59 Å². The van der Waals surface area contributed by atoms with Crippen LogP contribution >= 0.6 is 0 Å². The van der Waals surface area contributed by atoms with Crippen molar-refractivity contribution in [2.24, 2.45) is 5.92 Å². The van der Waals surface area contributed by atoms with Crippen LogP contribution < -0.4 is 10.6 Å². The first-order chi connectivity index (χ1) is 13.0. The smallest absolute Gasteiger partial charge is 0.255 e. The van der Waals surface area contributed by atoms with Gasteiger partial charge in [-0.05, 0) is 62.1 Å². The van der Waals surface area contributed by atoms with E-state index in [1.165, 1.54) is 0 Å². The highest BCUT2D eigenvalue weighted by atomic mass is 16.2. The van der Waals surface area contributed by atoms with Crippen LogP contribution in [0.2, 0.25) is 0 Å². The Morgan fingerprint density at radius 3 is 2.37 bits per heavy atom. The second-order valence-electron chi connectivity index (χ2n) is 7.32. The van der Waals surface area contributed by atoms with E-state index in [1.54, 1.807) is 6.07 Å². The quantitative estimate of drug-likeness (QED) is 0.844. The molecule has 2 N–H and O–H groups in total. The molecule has 0 spiro atoms. The van der Waals surface area contributed by atoms with E-state index in [0.29, 0.717) is 18.0 Å². The van der Waals surface area contributed by atoms with Crippen molar-refractivity contribution in [3.63, 3.8) is 0 Å². The van der Waals surface area contributed by atoms with Gasteiger partial charge in [-0.1, -0.05) is 24.6 Å². The van der Waals surface area contributed by atoms with E-state index < -0.39 is 0 Å². The summed E-state index contributed by atoms with van der Waals surface area (Å²) in [4.78, 5) is 26.5. The summed E-state index contributed by atoms with van der Waals surface area (Å²) < 4.78 is 0. The van der Waals surface area contributed by atoms with Crippen molar-refractivity contribution in [3.05, 3.63) is 59.7 Å². The summed E-state index contributed by atoms with van der Waals surface area (Å²) in [5, 5.41) is 6.06. The summed E-state index contributed by atoms with van der Waals surface area (Å²) in [7, 11) is 0. The molecule has 2 amide bonds. The number of benzene rings is 2. The topological polar surface area (TPSA) is 61.4 Å². The standard InChI is InChI=1S/C22H27N3O2/c1-16-10-12-25(13-11-16)21(26)15-23-19-6-8-20(9-7-19)24-22(27)18-5-3-4-17(2)14-18/h3-9,14,16,23H,10-13,15H2,1-2H3,(H,24,27). The lowest BCUT2D eigenvalue weighted by Crippen LogP contribution is -2.40. The highest BCUT2D eigenvalue weighted by molar-refractivity contribution is 6.04. The SMILES string of the molecule is Cc1cccc(C(=O)Nc2ccc(NCC(=O)N3CCC(C)CC3)cc2)c1. The molecule has 0 unspecified atom stereocenters. The van der Waals surface area contributed by atoms with Crippen LogP contribution in [0, 0.1) is 12.8 Å². The minimum absolute atomic E-state index is 0.131. The fourth-order valence-electron chi connectivity index (χ4n) is 3.21. The zero-order chi connectivity index (χ0) is 19.2. The Balaban J connectivity index is 1.50. The van der Waals surface area contributed by atoms with Gasteiger partial charge >= 0.3 is 0 Å². The van der Waals surface area contributed by atoms with Crippen LogP contribution in [0.5, 0.6) is 0 Å². The molecule has 0 saturated carbocycles. The molecule has 3 rings (SSSR count). The second-order valence-corrected chi connectivity index (χ2v) is 7.32. The molecule has 0 radical (unpaired) electrons. The molecular weight excluding hydrogens is 338 g/mol. The van der Waals surface area contributed by atoms with Gasteiger partial charge in [0, 0.05) is 30.0 Å². The van der Waals surface area contributed by atoms with Crippen LogP contribution in [0.4, 0.5) is 11.4 Å². The average Bonchev–Trinajstić information content (AvgIpc) is 2.68. The molecule has 0 aliphatic carbocycles. The first-order valence-corrected chi connectivity index (χ1v) is 9.51. The molecular formula is C22H27N3O2. The maximum Gasteiger partial charge on any atom is 0.255 e. The van der Waals surface area contributed by atoms with E-state index in [2.05, 4.69) is 17.6 Å². The largest absolute Gasteiger partial charge is 0.376 e. The normalized spacial score (nSPS) is 14.7. The van der Waals surface area contributed by atoms with E-state index in [-0.39, 0.29) is 11.8 Å². The first-order valence-electron chi connectivity index (χ1n) is 9.51. The molecule has 1 saturated heterocycles. The van der Waals surface area contributed by atoms with Crippen molar-refractivity contribution in [2.75, 3.05) is 30.3 Å². The number of nitrogens with one attached hydrogen (secondary N) is 2. The maximum absolute atomic E-state index is 12.3. The predicted octanol–water partition coefficient (Wildman–Crippen LogP) is 3.92. The molecule has 142 valence electrons. The molecule has 1 fully saturated rings. The van der Waals surface area contributed by atoms with Crippen molar-refractivity contribution in [2.45, 2.75) is 26.7 Å². The highest BCUT2D eigenvalue weighted by Crippen LogP contribution is 2.17. The summed E-state index contributed by atoms with van der Waals surface area (Å²) in [6, 6.07) is 14.9. The van der Waals surface area contributed by atoms with Gasteiger partial charge in [0.15, 0.2) is 0 Å². The Kier molecular flexibility index (Phi) is 6.12. The van der Waals surface area contributed by atoms with Crippen LogP contribution in [0.15, 0.2) is 48.5 Å². The van der Waals surface area contributed by atoms with E-state index >= 15 is 0 Å². The molecule has 5 nitrogen and oxygen atoms in total. The Hall–Kier alpha value is -2.82. The number of hydrogen-bond donors (Lipinski definition) is 2. The fraction of sp³-hybridized carbons (Fsp3) is 0.364. The predicted molar refractivity (Wildman–Crippen MR) is 109 cm³/mol. The molecule has 1 aliphatic heterocycles. The lowest BCUT2D eigenvalue weighted by atomic mass is 9.99. The van der Waals surface area contributed by atoms with Crippen molar-refractivity contribution in [3.8, 4) is 0 Å². The van der Waals surface area contributed by atoms with E-state index in [1.807, 2.05) is 54.3 Å². The van der Waals surface area contributed by atoms with Gasteiger partial charge in [0.25, 0.3) is 5.91 Å². The molecule has 0 aromatic heterocycles. The third-order valence-electron chi connectivity index (χ3n) is 5.00. The van der Waals surface area contributed by atoms with Crippen LogP contribution in [-0.2, 0) is 4.79 Å². The number of carbonyl (C=O) groups excluding carboxylic acids is 2. The van der Waals surface area contributed by atoms with Crippen molar-refractivity contribution < 1.29 is 9.59 Å². The molecule has 2 aromatic carbocycles. The number of nitrogens with zero attached hydrogens (tertiary/aromatic N) is 1. The lowest BCUT2D eigenvalue weighted by molar-refractivity contribution is -0.130. The van der Waals surface area contributed by atoms with E-state index in [0.717, 1.165) is 42.9 Å². The van der Waals surface area contributed by atoms with Crippen LogP contribution in [0.3, 0.4) is 0 Å². The number of aryl methyl sites for hydroxylation is 1. The Morgan fingerprint density at radius 1 is 1.04 bits per heavy atom. The minimum Gasteiger partial charge on any atom is -0.376 e. The van der Waals surface area contributed by atoms with Crippen LogP contribution in [0.25, 0.3) is 0 Å². The summed E-state index contributed by atoms with van der Waals surface area (Å²) in [5.74, 6) is 0.720. The molecule has 1 aliphatic rings. The number of carbonyl (C=O) groups is 2. The number of anilines is 2.